The van der Waals surface area contributed by atoms with Crippen molar-refractivity contribution in [1.29, 1.82) is 0 Å². The van der Waals surface area contributed by atoms with Gasteiger partial charge in [-0.25, -0.2) is 4.79 Å². The van der Waals surface area contributed by atoms with Crippen LogP contribution >= 0.6 is 0 Å². The summed E-state index contributed by atoms with van der Waals surface area (Å²) in [6, 6.07) is -0.115. The summed E-state index contributed by atoms with van der Waals surface area (Å²) in [5.41, 5.74) is 2.25. The highest BCUT2D eigenvalue weighted by Crippen LogP contribution is 2.20. The van der Waals surface area contributed by atoms with Gasteiger partial charge in [-0.3, -0.25) is 14.5 Å². The fraction of sp³-hybridized carbons (Fsp3) is 0.533. The topological polar surface area (TPSA) is 82.7 Å². The number of piperazine rings is 1. The van der Waals surface area contributed by atoms with Gasteiger partial charge in [-0.15, -0.1) is 0 Å². The standard InChI is InChI=1S/C15H19N3O4/c1-8-9(2)12(13(19)16-10(8)3)14(20)17-4-5-18-11(6-17)7-22-15(18)21/h11H,4-7H2,1-3H3,(H,16,19)/t11-/m0/s1. The zero-order valence-electron chi connectivity index (χ0n) is 12.9. The number of carbonyl (C=O) groups excluding carboxylic acids is 2. The summed E-state index contributed by atoms with van der Waals surface area (Å²) < 4.78 is 5.00. The number of hydrogen-bond acceptors (Lipinski definition) is 4. The molecule has 7 heteroatoms. The van der Waals surface area contributed by atoms with Crippen molar-refractivity contribution in [3.05, 3.63) is 32.7 Å². The Morgan fingerprint density at radius 1 is 1.18 bits per heavy atom. The number of hydrogen-bond donors (Lipinski definition) is 1. The molecule has 1 aromatic heterocycles. The maximum Gasteiger partial charge on any atom is 0.410 e. The lowest BCUT2D eigenvalue weighted by molar-refractivity contribution is 0.0614. The molecule has 0 aliphatic carbocycles. The molecule has 2 amide bonds. The van der Waals surface area contributed by atoms with E-state index in [1.54, 1.807) is 16.7 Å². The Labute approximate surface area is 127 Å². The number of carbonyl (C=O) groups is 2. The minimum Gasteiger partial charge on any atom is -0.447 e. The fourth-order valence-electron chi connectivity index (χ4n) is 3.05. The molecule has 2 saturated heterocycles. The number of aryl methyl sites for hydroxylation is 1. The van der Waals surface area contributed by atoms with E-state index in [-0.39, 0.29) is 29.2 Å². The van der Waals surface area contributed by atoms with E-state index in [4.69, 9.17) is 4.74 Å². The molecule has 1 N–H and O–H groups in total. The van der Waals surface area contributed by atoms with Gasteiger partial charge in [-0.1, -0.05) is 0 Å². The summed E-state index contributed by atoms with van der Waals surface area (Å²) in [5.74, 6) is -0.277. The third-order valence-electron chi connectivity index (χ3n) is 4.65. The van der Waals surface area contributed by atoms with Crippen molar-refractivity contribution in [2.45, 2.75) is 26.8 Å². The van der Waals surface area contributed by atoms with Crippen LogP contribution in [-0.4, -0.2) is 59.1 Å². The van der Waals surface area contributed by atoms with Crippen molar-refractivity contribution in [2.75, 3.05) is 26.2 Å². The summed E-state index contributed by atoms with van der Waals surface area (Å²) >= 11 is 0. The highest BCUT2D eigenvalue weighted by molar-refractivity contribution is 5.95. The van der Waals surface area contributed by atoms with Crippen LogP contribution in [0, 0.1) is 20.8 Å². The molecule has 0 radical (unpaired) electrons. The summed E-state index contributed by atoms with van der Waals surface area (Å²) in [5, 5.41) is 0. The van der Waals surface area contributed by atoms with Gasteiger partial charge in [0.25, 0.3) is 11.5 Å². The maximum atomic E-state index is 12.7. The molecule has 0 aromatic carbocycles. The lowest BCUT2D eigenvalue weighted by atomic mass is 10.0. The molecule has 0 unspecified atom stereocenters. The Morgan fingerprint density at radius 2 is 1.91 bits per heavy atom. The largest absolute Gasteiger partial charge is 0.447 e. The zero-order chi connectivity index (χ0) is 16.0. The molecule has 3 rings (SSSR count). The third-order valence-corrected chi connectivity index (χ3v) is 4.65. The van der Waals surface area contributed by atoms with Gasteiger partial charge in [0.05, 0.1) is 6.04 Å². The van der Waals surface area contributed by atoms with Crippen LogP contribution in [0.15, 0.2) is 4.79 Å². The van der Waals surface area contributed by atoms with Crippen molar-refractivity contribution in [3.63, 3.8) is 0 Å². The lowest BCUT2D eigenvalue weighted by Crippen LogP contribution is -2.54. The number of nitrogens with zero attached hydrogens (tertiary/aromatic N) is 2. The average molecular weight is 305 g/mol. The van der Waals surface area contributed by atoms with E-state index in [2.05, 4.69) is 4.98 Å². The first-order chi connectivity index (χ1) is 10.4. The third kappa shape index (κ3) is 2.17. The molecule has 0 spiro atoms. The Morgan fingerprint density at radius 3 is 2.64 bits per heavy atom. The normalized spacial score (nSPS) is 20.9. The van der Waals surface area contributed by atoms with Crippen molar-refractivity contribution >= 4 is 12.0 Å². The van der Waals surface area contributed by atoms with Crippen molar-refractivity contribution in [2.24, 2.45) is 0 Å². The summed E-state index contributed by atoms with van der Waals surface area (Å²) in [6.07, 6.45) is -0.322. The van der Waals surface area contributed by atoms with Gasteiger partial charge in [0.2, 0.25) is 0 Å². The van der Waals surface area contributed by atoms with Gasteiger partial charge in [0.15, 0.2) is 0 Å². The fourth-order valence-corrected chi connectivity index (χ4v) is 3.05. The van der Waals surface area contributed by atoms with E-state index in [9.17, 15) is 14.4 Å². The second-order valence-electron chi connectivity index (χ2n) is 5.88. The van der Waals surface area contributed by atoms with Crippen LogP contribution in [0.5, 0.6) is 0 Å². The summed E-state index contributed by atoms with van der Waals surface area (Å²) in [4.78, 5) is 42.4. The second kappa shape index (κ2) is 5.15. The first-order valence-electron chi connectivity index (χ1n) is 7.33. The monoisotopic (exact) mass is 305 g/mol. The summed E-state index contributed by atoms with van der Waals surface area (Å²) in [6.45, 7) is 7.05. The molecule has 7 nitrogen and oxygen atoms in total. The Kier molecular flexibility index (Phi) is 3.42. The average Bonchev–Trinajstić information content (AvgIpc) is 2.86. The number of aromatic nitrogens is 1. The van der Waals surface area contributed by atoms with Crippen LogP contribution in [0.3, 0.4) is 0 Å². The molecule has 3 heterocycles. The van der Waals surface area contributed by atoms with Crippen molar-refractivity contribution in [1.82, 2.24) is 14.8 Å². The maximum absolute atomic E-state index is 12.7. The molecular weight excluding hydrogens is 286 g/mol. The predicted molar refractivity (Wildman–Crippen MR) is 79.0 cm³/mol. The van der Waals surface area contributed by atoms with Gasteiger partial charge < -0.3 is 14.6 Å². The van der Waals surface area contributed by atoms with Crippen molar-refractivity contribution < 1.29 is 14.3 Å². The van der Waals surface area contributed by atoms with Crippen LogP contribution < -0.4 is 5.56 Å². The van der Waals surface area contributed by atoms with E-state index < -0.39 is 0 Å². The Hall–Kier alpha value is -2.31. The van der Waals surface area contributed by atoms with Crippen LogP contribution in [0.2, 0.25) is 0 Å². The van der Waals surface area contributed by atoms with E-state index in [1.165, 1.54) is 0 Å². The first-order valence-corrected chi connectivity index (χ1v) is 7.33. The number of nitrogens with one attached hydrogen (secondary N) is 1. The molecule has 22 heavy (non-hydrogen) atoms. The highest BCUT2D eigenvalue weighted by Gasteiger charge is 2.39. The van der Waals surface area contributed by atoms with E-state index >= 15 is 0 Å². The second-order valence-corrected chi connectivity index (χ2v) is 5.88. The minimum absolute atomic E-state index is 0.115. The minimum atomic E-state index is -0.355. The molecule has 2 aliphatic rings. The zero-order valence-corrected chi connectivity index (χ0v) is 12.9. The SMILES string of the molecule is Cc1[nH]c(=O)c(C(=O)N2CCN3C(=O)OC[C@@H]3C2)c(C)c1C. The number of pyridine rings is 1. The number of cyclic esters (lactones) is 1. The summed E-state index contributed by atoms with van der Waals surface area (Å²) in [7, 11) is 0. The van der Waals surface area contributed by atoms with E-state index in [1.807, 2.05) is 13.8 Å². The molecule has 118 valence electrons. The van der Waals surface area contributed by atoms with Gasteiger partial charge in [0.1, 0.15) is 12.2 Å². The molecule has 1 atom stereocenters. The molecule has 0 bridgehead atoms. The molecular formula is C15H19N3O4. The number of H-pyrrole nitrogens is 1. The van der Waals surface area contributed by atoms with E-state index in [0.717, 1.165) is 11.3 Å². The number of fused-ring (bicyclic) bond motifs is 1. The Balaban J connectivity index is 1.88. The van der Waals surface area contributed by atoms with Crippen LogP contribution in [-0.2, 0) is 4.74 Å². The predicted octanol–water partition coefficient (Wildman–Crippen LogP) is 0.577. The molecule has 0 saturated carbocycles. The van der Waals surface area contributed by atoms with Gasteiger partial charge in [0, 0.05) is 25.3 Å². The molecule has 2 fully saturated rings. The quantitative estimate of drug-likeness (QED) is 0.822. The first kappa shape index (κ1) is 14.6. The number of ether oxygens (including phenoxy) is 1. The Bertz CT molecular complexity index is 709. The van der Waals surface area contributed by atoms with E-state index in [0.29, 0.717) is 31.8 Å². The van der Waals surface area contributed by atoms with Gasteiger partial charge in [-0.05, 0) is 31.9 Å². The molecule has 1 aromatic rings. The highest BCUT2D eigenvalue weighted by atomic mass is 16.6. The van der Waals surface area contributed by atoms with Gasteiger partial charge >= 0.3 is 6.09 Å². The smallest absolute Gasteiger partial charge is 0.410 e. The number of amides is 2. The number of aromatic amines is 1. The number of rotatable bonds is 1. The van der Waals surface area contributed by atoms with Crippen LogP contribution in [0.4, 0.5) is 4.79 Å². The lowest BCUT2D eigenvalue weighted by Gasteiger charge is -2.35. The van der Waals surface area contributed by atoms with Gasteiger partial charge in [-0.2, -0.15) is 0 Å². The van der Waals surface area contributed by atoms with Crippen LogP contribution in [0.1, 0.15) is 27.2 Å². The van der Waals surface area contributed by atoms with Crippen LogP contribution in [0.25, 0.3) is 0 Å². The molecule has 2 aliphatic heterocycles. The van der Waals surface area contributed by atoms with Crippen molar-refractivity contribution in [3.8, 4) is 0 Å².